The quantitative estimate of drug-likeness (QED) is 0.715. The highest BCUT2D eigenvalue weighted by Crippen LogP contribution is 2.32. The second-order valence-electron chi connectivity index (χ2n) is 8.06. The van der Waals surface area contributed by atoms with Crippen LogP contribution in [0.4, 0.5) is 11.4 Å². The third-order valence-electron chi connectivity index (χ3n) is 6.33. The lowest BCUT2D eigenvalue weighted by Gasteiger charge is -2.38. The minimum atomic E-state index is 0.270. The fourth-order valence-corrected chi connectivity index (χ4v) is 4.72. The van der Waals surface area contributed by atoms with Gasteiger partial charge in [-0.25, -0.2) is 0 Å². The van der Waals surface area contributed by atoms with Crippen molar-refractivity contribution < 1.29 is 4.79 Å². The number of carbonyl (C=O) groups is 1. The number of nitrogens with one attached hydrogen (secondary N) is 2. The molecule has 0 bridgehead atoms. The Balaban J connectivity index is 1.19. The number of para-hydroxylation sites is 1. The Morgan fingerprint density at radius 3 is 2.76 bits per heavy atom. The molecule has 150 valence electrons. The van der Waals surface area contributed by atoms with Crippen molar-refractivity contribution in [1.82, 2.24) is 9.88 Å². The number of amides is 1. The van der Waals surface area contributed by atoms with Crippen molar-refractivity contribution in [2.75, 3.05) is 42.9 Å². The van der Waals surface area contributed by atoms with E-state index in [2.05, 4.69) is 51.6 Å². The predicted molar refractivity (Wildman–Crippen MR) is 119 cm³/mol. The van der Waals surface area contributed by atoms with E-state index < -0.39 is 0 Å². The van der Waals surface area contributed by atoms with Crippen LogP contribution in [0, 0.1) is 0 Å². The summed E-state index contributed by atoms with van der Waals surface area (Å²) in [5, 5.41) is 4.75. The van der Waals surface area contributed by atoms with E-state index in [1.165, 1.54) is 34.3 Å². The molecule has 3 heterocycles. The van der Waals surface area contributed by atoms with E-state index in [9.17, 15) is 4.79 Å². The molecule has 1 aromatic heterocycles. The molecule has 1 amide bonds. The number of aromatic nitrogens is 1. The summed E-state index contributed by atoms with van der Waals surface area (Å²) in [5.74, 6) is 0.270. The highest BCUT2D eigenvalue weighted by Gasteiger charge is 2.24. The van der Waals surface area contributed by atoms with Gasteiger partial charge in [-0.2, -0.15) is 0 Å². The van der Waals surface area contributed by atoms with Crippen LogP contribution in [-0.4, -0.2) is 48.5 Å². The van der Waals surface area contributed by atoms with Crippen LogP contribution < -0.4 is 10.2 Å². The molecule has 0 radical (unpaired) electrons. The van der Waals surface area contributed by atoms with E-state index in [-0.39, 0.29) is 5.91 Å². The van der Waals surface area contributed by atoms with Crippen LogP contribution in [0.1, 0.15) is 24.0 Å². The van der Waals surface area contributed by atoms with E-state index in [4.69, 9.17) is 0 Å². The molecule has 0 atom stereocenters. The number of rotatable bonds is 4. The number of anilines is 2. The number of hydrogen-bond acceptors (Lipinski definition) is 3. The number of hydrogen-bond donors (Lipinski definition) is 2. The number of nitrogens with zero attached hydrogens (tertiary/aromatic N) is 2. The van der Waals surface area contributed by atoms with Gasteiger partial charge in [-0.15, -0.1) is 0 Å². The molecule has 0 unspecified atom stereocenters. The van der Waals surface area contributed by atoms with Crippen molar-refractivity contribution in [3.63, 3.8) is 0 Å². The average molecular weight is 389 g/mol. The van der Waals surface area contributed by atoms with Gasteiger partial charge >= 0.3 is 0 Å². The van der Waals surface area contributed by atoms with E-state index in [1.807, 2.05) is 17.2 Å². The molecule has 0 aliphatic carbocycles. The fourth-order valence-electron chi connectivity index (χ4n) is 4.72. The monoisotopic (exact) mass is 388 g/mol. The molecular weight excluding hydrogens is 360 g/mol. The summed E-state index contributed by atoms with van der Waals surface area (Å²) in [6.07, 6.45) is 5.74. The van der Waals surface area contributed by atoms with Gasteiger partial charge in [0.15, 0.2) is 0 Å². The number of aryl methyl sites for hydroxylation is 1. The number of benzene rings is 2. The maximum atomic E-state index is 12.8. The van der Waals surface area contributed by atoms with Crippen molar-refractivity contribution in [3.05, 3.63) is 59.8 Å². The zero-order chi connectivity index (χ0) is 19.6. The maximum Gasteiger partial charge on any atom is 0.223 e. The van der Waals surface area contributed by atoms with Crippen LogP contribution in [0.15, 0.2) is 48.7 Å². The summed E-state index contributed by atoms with van der Waals surface area (Å²) in [6, 6.07) is 14.9. The number of fused-ring (bicyclic) bond motifs is 2. The molecule has 5 rings (SSSR count). The number of H-pyrrole nitrogens is 1. The van der Waals surface area contributed by atoms with Gasteiger partial charge in [0.25, 0.3) is 0 Å². The second kappa shape index (κ2) is 7.82. The van der Waals surface area contributed by atoms with Gasteiger partial charge in [-0.1, -0.05) is 24.3 Å². The molecule has 0 spiro atoms. The first-order valence-corrected chi connectivity index (χ1v) is 10.7. The summed E-state index contributed by atoms with van der Waals surface area (Å²) >= 11 is 0. The van der Waals surface area contributed by atoms with Crippen molar-refractivity contribution >= 4 is 28.2 Å². The molecule has 29 heavy (non-hydrogen) atoms. The number of aromatic amines is 1. The van der Waals surface area contributed by atoms with E-state index in [0.29, 0.717) is 6.42 Å². The topological polar surface area (TPSA) is 51.4 Å². The maximum absolute atomic E-state index is 12.8. The summed E-state index contributed by atoms with van der Waals surface area (Å²) in [6.45, 7) is 4.51. The summed E-state index contributed by atoms with van der Waals surface area (Å²) in [4.78, 5) is 20.6. The third-order valence-corrected chi connectivity index (χ3v) is 6.33. The molecule has 3 aromatic rings. The van der Waals surface area contributed by atoms with Gasteiger partial charge in [-0.05, 0) is 48.6 Å². The lowest BCUT2D eigenvalue weighted by molar-refractivity contribution is -0.131. The van der Waals surface area contributed by atoms with Crippen molar-refractivity contribution in [1.29, 1.82) is 0 Å². The van der Waals surface area contributed by atoms with Crippen LogP contribution in [0.2, 0.25) is 0 Å². The highest BCUT2D eigenvalue weighted by molar-refractivity contribution is 5.84. The molecule has 2 aliphatic heterocycles. The molecule has 2 N–H and O–H groups in total. The Morgan fingerprint density at radius 2 is 1.86 bits per heavy atom. The molecule has 1 saturated heterocycles. The molecule has 1 fully saturated rings. The molecule has 0 saturated carbocycles. The standard InChI is InChI=1S/C24H28N4O/c29-24(11-10-18-17-26-21-7-2-1-5-19(18)21)28-15-13-27(14-16-28)23-9-3-8-22-20(23)6-4-12-25-22/h1-3,5,7-9,17,25-26H,4,6,10-16H2. The summed E-state index contributed by atoms with van der Waals surface area (Å²) in [5.41, 5.74) is 6.45. The van der Waals surface area contributed by atoms with Crippen molar-refractivity contribution in [2.24, 2.45) is 0 Å². The molecule has 5 heteroatoms. The van der Waals surface area contributed by atoms with Crippen LogP contribution >= 0.6 is 0 Å². The first-order chi connectivity index (χ1) is 14.3. The van der Waals surface area contributed by atoms with Gasteiger partial charge in [0, 0.05) is 67.6 Å². The van der Waals surface area contributed by atoms with Crippen LogP contribution in [-0.2, 0) is 17.6 Å². The second-order valence-corrected chi connectivity index (χ2v) is 8.06. The Bertz CT molecular complexity index is 1020. The minimum absolute atomic E-state index is 0.270. The Labute approximate surface area is 171 Å². The zero-order valence-electron chi connectivity index (χ0n) is 16.8. The first kappa shape index (κ1) is 18.1. The zero-order valence-corrected chi connectivity index (χ0v) is 16.8. The van der Waals surface area contributed by atoms with Crippen molar-refractivity contribution in [2.45, 2.75) is 25.7 Å². The summed E-state index contributed by atoms with van der Waals surface area (Å²) < 4.78 is 0. The average Bonchev–Trinajstić information content (AvgIpc) is 3.20. The minimum Gasteiger partial charge on any atom is -0.385 e. The lowest BCUT2D eigenvalue weighted by atomic mass is 10.00. The molecule has 5 nitrogen and oxygen atoms in total. The summed E-state index contributed by atoms with van der Waals surface area (Å²) in [7, 11) is 0. The Kier molecular flexibility index (Phi) is 4.88. The van der Waals surface area contributed by atoms with Gasteiger partial charge in [0.2, 0.25) is 5.91 Å². The SMILES string of the molecule is O=C(CCc1c[nH]c2ccccc12)N1CCN(c2cccc3c2CCCN3)CC1. The van der Waals surface area contributed by atoms with Crippen LogP contribution in [0.25, 0.3) is 10.9 Å². The molecular formula is C24H28N4O. The first-order valence-electron chi connectivity index (χ1n) is 10.7. The fraction of sp³-hybridized carbons (Fsp3) is 0.375. The Hall–Kier alpha value is -2.95. The largest absolute Gasteiger partial charge is 0.385 e. The molecule has 2 aliphatic rings. The smallest absolute Gasteiger partial charge is 0.223 e. The van der Waals surface area contributed by atoms with Crippen molar-refractivity contribution in [3.8, 4) is 0 Å². The predicted octanol–water partition coefficient (Wildman–Crippen LogP) is 3.81. The third kappa shape index (κ3) is 3.57. The molecule has 2 aromatic carbocycles. The van der Waals surface area contributed by atoms with E-state index in [1.54, 1.807) is 0 Å². The highest BCUT2D eigenvalue weighted by atomic mass is 16.2. The van der Waals surface area contributed by atoms with Crippen LogP contribution in [0.3, 0.4) is 0 Å². The Morgan fingerprint density at radius 1 is 1.00 bits per heavy atom. The number of piperazine rings is 1. The number of carbonyl (C=O) groups excluding carboxylic acids is 1. The van der Waals surface area contributed by atoms with Gasteiger partial charge in [-0.3, -0.25) is 4.79 Å². The van der Waals surface area contributed by atoms with Gasteiger partial charge in [0.05, 0.1) is 0 Å². The van der Waals surface area contributed by atoms with Crippen LogP contribution in [0.5, 0.6) is 0 Å². The van der Waals surface area contributed by atoms with E-state index >= 15 is 0 Å². The van der Waals surface area contributed by atoms with Gasteiger partial charge in [0.1, 0.15) is 0 Å². The van der Waals surface area contributed by atoms with Gasteiger partial charge < -0.3 is 20.1 Å². The van der Waals surface area contributed by atoms with E-state index in [0.717, 1.165) is 51.1 Å². The lowest BCUT2D eigenvalue weighted by Crippen LogP contribution is -2.49. The normalized spacial score (nSPS) is 16.6.